The van der Waals surface area contributed by atoms with Crippen LogP contribution in [0.15, 0.2) is 30.6 Å². The molecule has 0 radical (unpaired) electrons. The van der Waals surface area contributed by atoms with Crippen LogP contribution in [0.4, 0.5) is 5.69 Å². The number of aryl methyl sites for hydroxylation is 2. The first-order valence-corrected chi connectivity index (χ1v) is 6.44. The van der Waals surface area contributed by atoms with Crippen LogP contribution in [0.25, 0.3) is 0 Å². The van der Waals surface area contributed by atoms with Gasteiger partial charge in [-0.15, -0.1) is 0 Å². The highest BCUT2D eigenvalue weighted by Crippen LogP contribution is 2.16. The lowest BCUT2D eigenvalue weighted by Gasteiger charge is -2.10. The van der Waals surface area contributed by atoms with Gasteiger partial charge in [0.05, 0.1) is 29.7 Å². The number of hydrogen-bond donors (Lipinski definition) is 2. The topological polar surface area (TPSA) is 66.9 Å². The second kappa shape index (κ2) is 6.14. The number of benzene rings is 1. The molecule has 0 aliphatic heterocycles. The molecular formula is C15H18N4O. The molecule has 0 saturated carbocycles. The summed E-state index contributed by atoms with van der Waals surface area (Å²) in [5, 5.41) is 5.88. The average molecular weight is 270 g/mol. The highest BCUT2D eigenvalue weighted by molar-refractivity contribution is 5.99. The second-order valence-electron chi connectivity index (χ2n) is 4.63. The van der Waals surface area contributed by atoms with E-state index in [4.69, 9.17) is 0 Å². The van der Waals surface area contributed by atoms with Gasteiger partial charge in [0.1, 0.15) is 0 Å². The highest BCUT2D eigenvalue weighted by Gasteiger charge is 2.10. The van der Waals surface area contributed by atoms with E-state index in [1.807, 2.05) is 32.0 Å². The van der Waals surface area contributed by atoms with Crippen molar-refractivity contribution in [2.75, 3.05) is 12.4 Å². The maximum absolute atomic E-state index is 12.2. The summed E-state index contributed by atoms with van der Waals surface area (Å²) in [6.07, 6.45) is 3.36. The second-order valence-corrected chi connectivity index (χ2v) is 4.63. The van der Waals surface area contributed by atoms with E-state index in [0.717, 1.165) is 22.6 Å². The van der Waals surface area contributed by atoms with Gasteiger partial charge in [0.2, 0.25) is 0 Å². The van der Waals surface area contributed by atoms with Gasteiger partial charge in [-0.25, -0.2) is 0 Å². The minimum Gasteiger partial charge on any atom is -0.387 e. The summed E-state index contributed by atoms with van der Waals surface area (Å²) in [6, 6.07) is 5.68. The van der Waals surface area contributed by atoms with Gasteiger partial charge >= 0.3 is 0 Å². The Kier molecular flexibility index (Phi) is 4.30. The van der Waals surface area contributed by atoms with Crippen LogP contribution >= 0.6 is 0 Å². The zero-order chi connectivity index (χ0) is 14.5. The van der Waals surface area contributed by atoms with Crippen LogP contribution < -0.4 is 10.6 Å². The maximum atomic E-state index is 12.2. The van der Waals surface area contributed by atoms with E-state index in [-0.39, 0.29) is 5.91 Å². The van der Waals surface area contributed by atoms with E-state index in [1.165, 1.54) is 0 Å². The lowest BCUT2D eigenvalue weighted by molar-refractivity contribution is 0.0951. The third-order valence-corrected chi connectivity index (χ3v) is 2.95. The molecule has 2 aromatic rings. The number of anilines is 1. The SMILES string of the molecule is CNc1cc(C)ccc1C(=O)NCc1cnc(C)cn1. The number of amides is 1. The number of nitrogens with one attached hydrogen (secondary N) is 2. The molecule has 5 nitrogen and oxygen atoms in total. The quantitative estimate of drug-likeness (QED) is 0.892. The number of aromatic nitrogens is 2. The normalized spacial score (nSPS) is 10.2. The lowest BCUT2D eigenvalue weighted by Crippen LogP contribution is -2.24. The number of rotatable bonds is 4. The molecule has 0 saturated heterocycles. The van der Waals surface area contributed by atoms with Crippen molar-refractivity contribution in [1.29, 1.82) is 0 Å². The monoisotopic (exact) mass is 270 g/mol. The van der Waals surface area contributed by atoms with Crippen LogP contribution in [-0.2, 0) is 6.54 Å². The molecule has 1 amide bonds. The van der Waals surface area contributed by atoms with Crippen molar-refractivity contribution in [3.05, 3.63) is 53.1 Å². The Morgan fingerprint density at radius 2 is 2.00 bits per heavy atom. The van der Waals surface area contributed by atoms with E-state index in [9.17, 15) is 4.79 Å². The first-order chi connectivity index (χ1) is 9.60. The molecule has 0 aliphatic rings. The third kappa shape index (κ3) is 3.32. The maximum Gasteiger partial charge on any atom is 0.253 e. The average Bonchev–Trinajstić information content (AvgIpc) is 2.46. The van der Waals surface area contributed by atoms with Gasteiger partial charge in [-0.1, -0.05) is 6.07 Å². The smallest absolute Gasteiger partial charge is 0.253 e. The number of nitrogens with zero attached hydrogens (tertiary/aromatic N) is 2. The predicted octanol–water partition coefficient (Wildman–Crippen LogP) is 2.07. The van der Waals surface area contributed by atoms with Gasteiger partial charge in [-0.2, -0.15) is 0 Å². The van der Waals surface area contributed by atoms with E-state index >= 15 is 0 Å². The molecule has 104 valence electrons. The van der Waals surface area contributed by atoms with Gasteiger partial charge in [0, 0.05) is 18.9 Å². The Labute approximate surface area is 118 Å². The molecule has 0 spiro atoms. The third-order valence-electron chi connectivity index (χ3n) is 2.95. The van der Waals surface area contributed by atoms with Crippen molar-refractivity contribution in [3.8, 4) is 0 Å². The van der Waals surface area contributed by atoms with Crippen LogP contribution in [0.2, 0.25) is 0 Å². The van der Waals surface area contributed by atoms with Crippen LogP contribution in [0.1, 0.15) is 27.3 Å². The van der Waals surface area contributed by atoms with Crippen molar-refractivity contribution in [1.82, 2.24) is 15.3 Å². The fourth-order valence-corrected chi connectivity index (χ4v) is 1.84. The lowest BCUT2D eigenvalue weighted by atomic mass is 10.1. The minimum absolute atomic E-state index is 0.128. The van der Waals surface area contributed by atoms with Gasteiger partial charge in [-0.3, -0.25) is 14.8 Å². The first kappa shape index (κ1) is 14.0. The summed E-state index contributed by atoms with van der Waals surface area (Å²) < 4.78 is 0. The summed E-state index contributed by atoms with van der Waals surface area (Å²) in [5.74, 6) is -0.128. The number of carbonyl (C=O) groups excluding carboxylic acids is 1. The van der Waals surface area contributed by atoms with E-state index in [0.29, 0.717) is 12.1 Å². The molecule has 0 fully saturated rings. The molecule has 1 aromatic carbocycles. The van der Waals surface area contributed by atoms with Crippen molar-refractivity contribution < 1.29 is 4.79 Å². The Morgan fingerprint density at radius 3 is 2.65 bits per heavy atom. The van der Waals surface area contributed by atoms with E-state index < -0.39 is 0 Å². The van der Waals surface area contributed by atoms with Gasteiger partial charge in [-0.05, 0) is 31.5 Å². The molecule has 1 aromatic heterocycles. The van der Waals surface area contributed by atoms with E-state index in [1.54, 1.807) is 19.4 Å². The van der Waals surface area contributed by atoms with Gasteiger partial charge < -0.3 is 10.6 Å². The fourth-order valence-electron chi connectivity index (χ4n) is 1.84. The standard InChI is InChI=1S/C15H18N4O/c1-10-4-5-13(14(6-10)16-3)15(20)19-9-12-8-17-11(2)7-18-12/h4-8,16H,9H2,1-3H3,(H,19,20). The van der Waals surface area contributed by atoms with Crippen molar-refractivity contribution >= 4 is 11.6 Å². The Morgan fingerprint density at radius 1 is 1.20 bits per heavy atom. The summed E-state index contributed by atoms with van der Waals surface area (Å²) in [7, 11) is 1.80. The molecule has 0 unspecified atom stereocenters. The first-order valence-electron chi connectivity index (χ1n) is 6.44. The largest absolute Gasteiger partial charge is 0.387 e. The van der Waals surface area contributed by atoms with E-state index in [2.05, 4.69) is 20.6 Å². The zero-order valence-electron chi connectivity index (χ0n) is 11.9. The fraction of sp³-hybridized carbons (Fsp3) is 0.267. The van der Waals surface area contributed by atoms with Crippen molar-refractivity contribution in [2.45, 2.75) is 20.4 Å². The summed E-state index contributed by atoms with van der Waals surface area (Å²) in [6.45, 7) is 4.23. The molecule has 0 atom stereocenters. The van der Waals surface area contributed by atoms with Gasteiger partial charge in [0.15, 0.2) is 0 Å². The number of hydrogen-bond acceptors (Lipinski definition) is 4. The molecule has 2 N–H and O–H groups in total. The summed E-state index contributed by atoms with van der Waals surface area (Å²) in [5.41, 5.74) is 4.14. The Balaban J connectivity index is 2.07. The number of carbonyl (C=O) groups is 1. The molecule has 20 heavy (non-hydrogen) atoms. The van der Waals surface area contributed by atoms with Crippen LogP contribution in [0, 0.1) is 13.8 Å². The zero-order valence-corrected chi connectivity index (χ0v) is 11.9. The minimum atomic E-state index is -0.128. The van der Waals surface area contributed by atoms with Crippen LogP contribution in [0.3, 0.4) is 0 Å². The van der Waals surface area contributed by atoms with Gasteiger partial charge in [0.25, 0.3) is 5.91 Å². The molecule has 0 aliphatic carbocycles. The van der Waals surface area contributed by atoms with Crippen molar-refractivity contribution in [2.24, 2.45) is 0 Å². The molecule has 0 bridgehead atoms. The van der Waals surface area contributed by atoms with Crippen molar-refractivity contribution in [3.63, 3.8) is 0 Å². The highest BCUT2D eigenvalue weighted by atomic mass is 16.1. The Hall–Kier alpha value is -2.43. The predicted molar refractivity (Wildman–Crippen MR) is 78.7 cm³/mol. The van der Waals surface area contributed by atoms with Crippen LogP contribution in [0.5, 0.6) is 0 Å². The molecule has 1 heterocycles. The summed E-state index contributed by atoms with van der Waals surface area (Å²) in [4.78, 5) is 20.5. The Bertz CT molecular complexity index is 608. The molecular weight excluding hydrogens is 252 g/mol. The van der Waals surface area contributed by atoms with Crippen LogP contribution in [-0.4, -0.2) is 22.9 Å². The molecule has 2 rings (SSSR count). The summed E-state index contributed by atoms with van der Waals surface area (Å²) >= 11 is 0. The molecule has 5 heteroatoms.